The number of hydrogen-bond acceptors (Lipinski definition) is 1. The summed E-state index contributed by atoms with van der Waals surface area (Å²) in [5.74, 6) is 0.918. The van der Waals surface area contributed by atoms with Gasteiger partial charge in [0.05, 0.1) is 0 Å². The van der Waals surface area contributed by atoms with Crippen molar-refractivity contribution in [2.75, 3.05) is 5.32 Å². The summed E-state index contributed by atoms with van der Waals surface area (Å²) in [5.41, 5.74) is 2.03. The van der Waals surface area contributed by atoms with Crippen molar-refractivity contribution in [3.63, 3.8) is 0 Å². The van der Waals surface area contributed by atoms with E-state index >= 15 is 0 Å². The summed E-state index contributed by atoms with van der Waals surface area (Å²) >= 11 is 3.43. The third-order valence-electron chi connectivity index (χ3n) is 3.97. The molecule has 0 unspecified atom stereocenters. The molecule has 19 heavy (non-hydrogen) atoms. The molecule has 0 aromatic heterocycles. The normalized spacial score (nSPS) is 16.3. The number of anilines is 1. The Hall–Kier alpha value is -0.830. The SMILES string of the molecule is Cc1cc(Br)ccc1NC(=O)CCC1CCCCC1. The van der Waals surface area contributed by atoms with Crippen LogP contribution in [0.4, 0.5) is 5.69 Å². The molecule has 2 rings (SSSR count). The molecule has 2 nitrogen and oxygen atoms in total. The Bertz CT molecular complexity index is 438. The van der Waals surface area contributed by atoms with Crippen LogP contribution >= 0.6 is 15.9 Å². The van der Waals surface area contributed by atoms with Crippen molar-refractivity contribution in [2.24, 2.45) is 5.92 Å². The molecule has 0 radical (unpaired) electrons. The highest BCUT2D eigenvalue weighted by molar-refractivity contribution is 9.10. The van der Waals surface area contributed by atoms with E-state index in [0.29, 0.717) is 6.42 Å². The number of halogens is 1. The van der Waals surface area contributed by atoms with Gasteiger partial charge in [-0.05, 0) is 43.0 Å². The number of carbonyl (C=O) groups is 1. The Morgan fingerprint density at radius 3 is 2.74 bits per heavy atom. The van der Waals surface area contributed by atoms with Gasteiger partial charge in [-0.2, -0.15) is 0 Å². The van der Waals surface area contributed by atoms with Gasteiger partial charge >= 0.3 is 0 Å². The molecule has 1 saturated carbocycles. The molecule has 0 atom stereocenters. The molecule has 0 bridgehead atoms. The Kier molecular flexibility index (Phi) is 5.44. The van der Waals surface area contributed by atoms with Crippen LogP contribution in [0.1, 0.15) is 50.5 Å². The number of hydrogen-bond donors (Lipinski definition) is 1. The first-order valence-corrected chi connectivity index (χ1v) is 8.00. The van der Waals surface area contributed by atoms with Crippen molar-refractivity contribution in [1.29, 1.82) is 0 Å². The second-order valence-corrected chi connectivity index (χ2v) is 6.47. The number of benzene rings is 1. The van der Waals surface area contributed by atoms with Gasteiger partial charge in [0.1, 0.15) is 0 Å². The molecule has 1 N–H and O–H groups in total. The number of nitrogens with one attached hydrogen (secondary N) is 1. The zero-order valence-corrected chi connectivity index (χ0v) is 13.1. The van der Waals surface area contributed by atoms with E-state index in [9.17, 15) is 4.79 Å². The van der Waals surface area contributed by atoms with Crippen LogP contribution in [0, 0.1) is 12.8 Å². The highest BCUT2D eigenvalue weighted by atomic mass is 79.9. The molecule has 1 fully saturated rings. The van der Waals surface area contributed by atoms with Crippen molar-refractivity contribution in [3.8, 4) is 0 Å². The smallest absolute Gasteiger partial charge is 0.224 e. The number of amides is 1. The van der Waals surface area contributed by atoms with Crippen molar-refractivity contribution in [3.05, 3.63) is 28.2 Å². The van der Waals surface area contributed by atoms with Crippen molar-refractivity contribution in [2.45, 2.75) is 51.9 Å². The predicted molar refractivity (Wildman–Crippen MR) is 83.3 cm³/mol. The average Bonchev–Trinajstić information content (AvgIpc) is 2.41. The summed E-state index contributed by atoms with van der Waals surface area (Å²) in [6.07, 6.45) is 8.38. The van der Waals surface area contributed by atoms with Crippen LogP contribution in [0.5, 0.6) is 0 Å². The van der Waals surface area contributed by atoms with Gasteiger partial charge in [-0.15, -0.1) is 0 Å². The number of aryl methyl sites for hydroxylation is 1. The van der Waals surface area contributed by atoms with E-state index in [4.69, 9.17) is 0 Å². The van der Waals surface area contributed by atoms with E-state index < -0.39 is 0 Å². The average molecular weight is 324 g/mol. The van der Waals surface area contributed by atoms with Crippen LogP contribution in [0.3, 0.4) is 0 Å². The fraction of sp³-hybridized carbons (Fsp3) is 0.562. The van der Waals surface area contributed by atoms with E-state index in [1.54, 1.807) is 0 Å². The first-order valence-electron chi connectivity index (χ1n) is 7.21. The molecular weight excluding hydrogens is 302 g/mol. The maximum absolute atomic E-state index is 12.0. The summed E-state index contributed by atoms with van der Waals surface area (Å²) in [4.78, 5) is 12.0. The molecule has 0 heterocycles. The van der Waals surface area contributed by atoms with E-state index in [2.05, 4.69) is 21.2 Å². The van der Waals surface area contributed by atoms with Gasteiger partial charge in [0, 0.05) is 16.6 Å². The molecule has 3 heteroatoms. The van der Waals surface area contributed by atoms with Gasteiger partial charge in [0.15, 0.2) is 0 Å². The minimum Gasteiger partial charge on any atom is -0.326 e. The van der Waals surface area contributed by atoms with Crippen molar-refractivity contribution >= 4 is 27.5 Å². The monoisotopic (exact) mass is 323 g/mol. The Balaban J connectivity index is 1.80. The standard InChI is InChI=1S/C16H22BrNO/c1-12-11-14(17)8-9-15(12)18-16(19)10-7-13-5-3-2-4-6-13/h8-9,11,13H,2-7,10H2,1H3,(H,18,19). The van der Waals surface area contributed by atoms with Gasteiger partial charge in [-0.1, -0.05) is 48.0 Å². The quantitative estimate of drug-likeness (QED) is 0.824. The number of rotatable bonds is 4. The third kappa shape index (κ3) is 4.64. The summed E-state index contributed by atoms with van der Waals surface area (Å²) in [5, 5.41) is 3.02. The highest BCUT2D eigenvalue weighted by Crippen LogP contribution is 2.27. The Morgan fingerprint density at radius 2 is 2.05 bits per heavy atom. The minimum atomic E-state index is 0.149. The lowest BCUT2D eigenvalue weighted by molar-refractivity contribution is -0.116. The van der Waals surface area contributed by atoms with E-state index in [1.165, 1.54) is 32.1 Å². The van der Waals surface area contributed by atoms with Crippen LogP contribution in [-0.2, 0) is 4.79 Å². The van der Waals surface area contributed by atoms with Gasteiger partial charge in [0.25, 0.3) is 0 Å². The second-order valence-electron chi connectivity index (χ2n) is 5.55. The van der Waals surface area contributed by atoms with Crippen LogP contribution in [-0.4, -0.2) is 5.91 Å². The zero-order chi connectivity index (χ0) is 13.7. The van der Waals surface area contributed by atoms with Crippen LogP contribution in [0.15, 0.2) is 22.7 Å². The molecule has 104 valence electrons. The molecular formula is C16H22BrNO. The molecule has 0 aliphatic heterocycles. The lowest BCUT2D eigenvalue weighted by Gasteiger charge is -2.21. The van der Waals surface area contributed by atoms with Crippen molar-refractivity contribution < 1.29 is 4.79 Å². The van der Waals surface area contributed by atoms with E-state index in [-0.39, 0.29) is 5.91 Å². The lowest BCUT2D eigenvalue weighted by Crippen LogP contribution is -2.15. The van der Waals surface area contributed by atoms with Crippen LogP contribution in [0.25, 0.3) is 0 Å². The van der Waals surface area contributed by atoms with Gasteiger partial charge < -0.3 is 5.32 Å². The summed E-state index contributed by atoms with van der Waals surface area (Å²) in [6.45, 7) is 2.02. The van der Waals surface area contributed by atoms with E-state index in [1.807, 2.05) is 25.1 Å². The molecule has 1 aliphatic rings. The number of carbonyl (C=O) groups excluding carboxylic acids is 1. The third-order valence-corrected chi connectivity index (χ3v) is 4.46. The lowest BCUT2D eigenvalue weighted by atomic mass is 9.86. The Morgan fingerprint density at radius 1 is 1.32 bits per heavy atom. The van der Waals surface area contributed by atoms with Gasteiger partial charge in [-0.3, -0.25) is 4.79 Å². The Labute approximate surface area is 124 Å². The largest absolute Gasteiger partial charge is 0.326 e. The topological polar surface area (TPSA) is 29.1 Å². The maximum atomic E-state index is 12.0. The van der Waals surface area contributed by atoms with Crippen LogP contribution in [0.2, 0.25) is 0 Å². The summed E-state index contributed by atoms with van der Waals surface area (Å²) in [6, 6.07) is 5.94. The minimum absolute atomic E-state index is 0.149. The molecule has 1 aromatic carbocycles. The highest BCUT2D eigenvalue weighted by Gasteiger charge is 2.15. The maximum Gasteiger partial charge on any atom is 0.224 e. The molecule has 1 aromatic rings. The molecule has 0 saturated heterocycles. The first kappa shape index (κ1) is 14.6. The zero-order valence-electron chi connectivity index (χ0n) is 11.5. The van der Waals surface area contributed by atoms with Gasteiger partial charge in [0.2, 0.25) is 5.91 Å². The van der Waals surface area contributed by atoms with Crippen LogP contribution < -0.4 is 5.32 Å². The fourth-order valence-electron chi connectivity index (χ4n) is 2.79. The van der Waals surface area contributed by atoms with Crippen molar-refractivity contribution in [1.82, 2.24) is 0 Å². The van der Waals surface area contributed by atoms with E-state index in [0.717, 1.165) is 28.1 Å². The molecule has 0 spiro atoms. The van der Waals surface area contributed by atoms with Gasteiger partial charge in [-0.25, -0.2) is 0 Å². The second kappa shape index (κ2) is 7.09. The summed E-state index contributed by atoms with van der Waals surface area (Å²) in [7, 11) is 0. The molecule has 1 aliphatic carbocycles. The molecule has 1 amide bonds. The predicted octanol–water partition coefficient (Wildman–Crippen LogP) is 5.06. The fourth-order valence-corrected chi connectivity index (χ4v) is 3.27. The summed E-state index contributed by atoms with van der Waals surface area (Å²) < 4.78 is 1.05. The first-order chi connectivity index (χ1) is 9.15.